The predicted octanol–water partition coefficient (Wildman–Crippen LogP) is 4.63. The lowest BCUT2D eigenvalue weighted by Gasteiger charge is -2.31. The van der Waals surface area contributed by atoms with Crippen LogP contribution in [0.4, 0.5) is 0 Å². The van der Waals surface area contributed by atoms with Crippen molar-refractivity contribution in [1.82, 2.24) is 14.8 Å². The number of likely N-dealkylation sites (tertiary alicyclic amines) is 1. The van der Waals surface area contributed by atoms with Gasteiger partial charge >= 0.3 is 0 Å². The van der Waals surface area contributed by atoms with E-state index in [1.54, 1.807) is 0 Å². The highest BCUT2D eigenvalue weighted by Gasteiger charge is 2.26. The summed E-state index contributed by atoms with van der Waals surface area (Å²) in [6.07, 6.45) is 1.88. The summed E-state index contributed by atoms with van der Waals surface area (Å²) in [6.45, 7) is 4.92. The summed E-state index contributed by atoms with van der Waals surface area (Å²) < 4.78 is 5.93. The predicted molar refractivity (Wildman–Crippen MR) is 115 cm³/mol. The van der Waals surface area contributed by atoms with Gasteiger partial charge in [0.1, 0.15) is 5.52 Å². The van der Waals surface area contributed by atoms with Crippen LogP contribution in [0.3, 0.4) is 0 Å². The van der Waals surface area contributed by atoms with Gasteiger partial charge in [-0.2, -0.15) is 0 Å². The van der Waals surface area contributed by atoms with Gasteiger partial charge in [-0.1, -0.05) is 35.9 Å². The van der Waals surface area contributed by atoms with Gasteiger partial charge in [-0.3, -0.25) is 9.69 Å². The van der Waals surface area contributed by atoms with Crippen molar-refractivity contribution in [2.45, 2.75) is 32.2 Å². The molecule has 0 radical (unpaired) electrons. The van der Waals surface area contributed by atoms with Crippen LogP contribution in [-0.2, 0) is 11.3 Å². The number of aromatic nitrogens is 1. The molecule has 2 aromatic carbocycles. The molecule has 0 bridgehead atoms. The highest BCUT2D eigenvalue weighted by Crippen LogP contribution is 2.30. The smallest absolute Gasteiger partial charge is 0.236 e. The zero-order valence-corrected chi connectivity index (χ0v) is 17.7. The van der Waals surface area contributed by atoms with Gasteiger partial charge in [-0.15, -0.1) is 0 Å². The molecule has 1 aromatic heterocycles. The molecule has 5 nitrogen and oxygen atoms in total. The molecule has 29 heavy (non-hydrogen) atoms. The molecule has 1 aliphatic heterocycles. The number of likely N-dealkylation sites (N-methyl/N-ethyl adjacent to an activating group) is 1. The summed E-state index contributed by atoms with van der Waals surface area (Å²) in [7, 11) is 1.88. The second-order valence-corrected chi connectivity index (χ2v) is 8.33. The number of oxazole rings is 1. The van der Waals surface area contributed by atoms with Crippen LogP contribution < -0.4 is 0 Å². The third-order valence-electron chi connectivity index (χ3n) is 5.76. The SMILES string of the molecule is Cc1ccccc1CN(C)C(=O)CN1CCC(c2nc3cc(Cl)ccc3o2)CC1. The minimum Gasteiger partial charge on any atom is -0.440 e. The molecule has 152 valence electrons. The summed E-state index contributed by atoms with van der Waals surface area (Å²) in [5.74, 6) is 1.23. The number of benzene rings is 2. The number of carbonyl (C=O) groups excluding carboxylic acids is 1. The normalized spacial score (nSPS) is 15.7. The number of hydrogen-bond donors (Lipinski definition) is 0. The molecule has 0 unspecified atom stereocenters. The van der Waals surface area contributed by atoms with Crippen LogP contribution in [-0.4, -0.2) is 47.4 Å². The topological polar surface area (TPSA) is 49.6 Å². The van der Waals surface area contributed by atoms with Crippen LogP contribution in [0, 0.1) is 6.92 Å². The van der Waals surface area contributed by atoms with Crippen molar-refractivity contribution < 1.29 is 9.21 Å². The van der Waals surface area contributed by atoms with E-state index in [1.165, 1.54) is 11.1 Å². The maximum Gasteiger partial charge on any atom is 0.236 e. The lowest BCUT2D eigenvalue weighted by atomic mass is 9.97. The van der Waals surface area contributed by atoms with Gasteiger partial charge in [-0.25, -0.2) is 4.98 Å². The maximum absolute atomic E-state index is 12.7. The van der Waals surface area contributed by atoms with Crippen LogP contribution in [0.25, 0.3) is 11.1 Å². The second kappa shape index (κ2) is 8.56. The third kappa shape index (κ3) is 4.62. The van der Waals surface area contributed by atoms with Crippen molar-refractivity contribution in [2.75, 3.05) is 26.7 Å². The van der Waals surface area contributed by atoms with Crippen molar-refractivity contribution in [3.8, 4) is 0 Å². The Hall–Kier alpha value is -2.37. The van der Waals surface area contributed by atoms with Gasteiger partial charge < -0.3 is 9.32 Å². The fourth-order valence-electron chi connectivity index (χ4n) is 3.87. The van der Waals surface area contributed by atoms with Crippen LogP contribution >= 0.6 is 11.6 Å². The Morgan fingerprint density at radius 2 is 2.00 bits per heavy atom. The van der Waals surface area contributed by atoms with E-state index in [9.17, 15) is 4.79 Å². The first-order chi connectivity index (χ1) is 14.0. The number of amides is 1. The fraction of sp³-hybridized carbons (Fsp3) is 0.391. The second-order valence-electron chi connectivity index (χ2n) is 7.89. The molecule has 0 saturated carbocycles. The molecule has 1 amide bonds. The number of aryl methyl sites for hydroxylation is 1. The average Bonchev–Trinajstić information content (AvgIpc) is 3.13. The fourth-order valence-corrected chi connectivity index (χ4v) is 4.04. The van der Waals surface area contributed by atoms with E-state index in [0.29, 0.717) is 18.1 Å². The van der Waals surface area contributed by atoms with E-state index in [1.807, 2.05) is 42.3 Å². The van der Waals surface area contributed by atoms with Crippen LogP contribution in [0.2, 0.25) is 5.02 Å². The molecule has 1 fully saturated rings. The largest absolute Gasteiger partial charge is 0.440 e. The Labute approximate surface area is 176 Å². The number of halogens is 1. The van der Waals surface area contributed by atoms with Gasteiger partial charge in [0.15, 0.2) is 11.5 Å². The first-order valence-electron chi connectivity index (χ1n) is 10.1. The Kier molecular flexibility index (Phi) is 5.88. The van der Waals surface area contributed by atoms with E-state index in [0.717, 1.165) is 42.9 Å². The molecule has 3 aromatic rings. The van der Waals surface area contributed by atoms with Gasteiger partial charge in [-0.05, 0) is 62.2 Å². The number of piperidine rings is 1. The monoisotopic (exact) mass is 411 g/mol. The van der Waals surface area contributed by atoms with Crippen molar-refractivity contribution >= 4 is 28.6 Å². The minimum atomic E-state index is 0.156. The number of hydrogen-bond acceptors (Lipinski definition) is 4. The molecule has 1 saturated heterocycles. The summed E-state index contributed by atoms with van der Waals surface area (Å²) in [6, 6.07) is 13.7. The molecule has 0 N–H and O–H groups in total. The van der Waals surface area contributed by atoms with E-state index < -0.39 is 0 Å². The summed E-state index contributed by atoms with van der Waals surface area (Å²) >= 11 is 6.04. The lowest BCUT2D eigenvalue weighted by molar-refractivity contribution is -0.131. The van der Waals surface area contributed by atoms with E-state index in [2.05, 4.69) is 28.9 Å². The van der Waals surface area contributed by atoms with Crippen LogP contribution in [0.1, 0.15) is 35.8 Å². The number of fused-ring (bicyclic) bond motifs is 1. The Balaban J connectivity index is 1.31. The highest BCUT2D eigenvalue weighted by atomic mass is 35.5. The third-order valence-corrected chi connectivity index (χ3v) is 5.99. The van der Waals surface area contributed by atoms with Crippen molar-refractivity contribution in [3.05, 3.63) is 64.5 Å². The standard InChI is InChI=1S/C23H26ClN3O2/c1-16-5-3-4-6-18(16)14-26(2)22(28)15-27-11-9-17(10-12-27)23-25-20-13-19(24)7-8-21(20)29-23/h3-8,13,17H,9-12,14-15H2,1-2H3. The van der Waals surface area contributed by atoms with Crippen molar-refractivity contribution in [3.63, 3.8) is 0 Å². The van der Waals surface area contributed by atoms with Gasteiger partial charge in [0.05, 0.1) is 6.54 Å². The van der Waals surface area contributed by atoms with E-state index >= 15 is 0 Å². The Morgan fingerprint density at radius 1 is 1.24 bits per heavy atom. The summed E-state index contributed by atoms with van der Waals surface area (Å²) in [5.41, 5.74) is 3.99. The zero-order valence-electron chi connectivity index (χ0n) is 16.9. The molecule has 2 heterocycles. The summed E-state index contributed by atoms with van der Waals surface area (Å²) in [4.78, 5) is 21.3. The van der Waals surface area contributed by atoms with Crippen molar-refractivity contribution in [2.24, 2.45) is 0 Å². The summed E-state index contributed by atoms with van der Waals surface area (Å²) in [5, 5.41) is 0.667. The molecule has 4 rings (SSSR count). The molecule has 0 spiro atoms. The lowest BCUT2D eigenvalue weighted by Crippen LogP contribution is -2.41. The van der Waals surface area contributed by atoms with Crippen molar-refractivity contribution in [1.29, 1.82) is 0 Å². The van der Waals surface area contributed by atoms with Crippen LogP contribution in [0.15, 0.2) is 46.9 Å². The maximum atomic E-state index is 12.7. The van der Waals surface area contributed by atoms with Gasteiger partial charge in [0.2, 0.25) is 5.91 Å². The number of carbonyl (C=O) groups is 1. The first-order valence-corrected chi connectivity index (χ1v) is 10.4. The quantitative estimate of drug-likeness (QED) is 0.614. The van der Waals surface area contributed by atoms with Gasteiger partial charge in [0, 0.05) is 24.5 Å². The first kappa shape index (κ1) is 19.9. The average molecular weight is 412 g/mol. The van der Waals surface area contributed by atoms with Crippen LogP contribution in [0.5, 0.6) is 0 Å². The Bertz CT molecular complexity index is 1010. The number of nitrogens with zero attached hydrogens (tertiary/aromatic N) is 3. The van der Waals surface area contributed by atoms with E-state index in [4.69, 9.17) is 16.0 Å². The number of rotatable bonds is 5. The molecule has 1 aliphatic rings. The Morgan fingerprint density at radius 3 is 2.76 bits per heavy atom. The van der Waals surface area contributed by atoms with E-state index in [-0.39, 0.29) is 11.8 Å². The molecular formula is C23H26ClN3O2. The zero-order chi connectivity index (χ0) is 20.4. The molecule has 6 heteroatoms. The minimum absolute atomic E-state index is 0.156. The molecule has 0 atom stereocenters. The molecule has 0 aliphatic carbocycles. The highest BCUT2D eigenvalue weighted by molar-refractivity contribution is 6.31. The van der Waals surface area contributed by atoms with Gasteiger partial charge in [0.25, 0.3) is 0 Å². The molecular weight excluding hydrogens is 386 g/mol.